The molecule has 0 aliphatic heterocycles. The van der Waals surface area contributed by atoms with E-state index in [9.17, 15) is 0 Å². The molecule has 2 aromatic carbocycles. The minimum Gasteiger partial charge on any atom is -0.493 e. The van der Waals surface area contributed by atoms with Crippen molar-refractivity contribution in [3.8, 4) is 23.3 Å². The second-order valence-corrected chi connectivity index (χ2v) is 7.47. The summed E-state index contributed by atoms with van der Waals surface area (Å²) in [7, 11) is 3.40. The molecular formula is C25H26O3. The van der Waals surface area contributed by atoms with Crippen molar-refractivity contribution >= 4 is 0 Å². The molecule has 2 atom stereocenters. The highest BCUT2D eigenvalue weighted by Gasteiger charge is 2.48. The van der Waals surface area contributed by atoms with Crippen LogP contribution in [-0.2, 0) is 10.2 Å². The van der Waals surface area contributed by atoms with E-state index in [4.69, 9.17) is 14.2 Å². The summed E-state index contributed by atoms with van der Waals surface area (Å²) in [5.41, 5.74) is 1.68. The first-order valence-electron chi connectivity index (χ1n) is 9.95. The molecule has 2 unspecified atom stereocenters. The third-order valence-electron chi connectivity index (χ3n) is 5.73. The average molecular weight is 374 g/mol. The molecule has 0 amide bonds. The fourth-order valence-corrected chi connectivity index (χ4v) is 4.05. The van der Waals surface area contributed by atoms with Gasteiger partial charge >= 0.3 is 0 Å². The van der Waals surface area contributed by atoms with Crippen molar-refractivity contribution in [1.82, 2.24) is 0 Å². The lowest BCUT2D eigenvalue weighted by molar-refractivity contribution is 0.0335. The number of ether oxygens (including phenoxy) is 3. The van der Waals surface area contributed by atoms with E-state index in [1.165, 1.54) is 12.8 Å². The third kappa shape index (κ3) is 3.62. The Morgan fingerprint density at radius 3 is 2.43 bits per heavy atom. The average Bonchev–Trinajstić information content (AvgIpc) is 3.22. The molecule has 2 aromatic rings. The normalized spacial score (nSPS) is 24.1. The van der Waals surface area contributed by atoms with Gasteiger partial charge in [-0.1, -0.05) is 36.1 Å². The summed E-state index contributed by atoms with van der Waals surface area (Å²) in [6.45, 7) is 0. The van der Waals surface area contributed by atoms with Gasteiger partial charge in [0.15, 0.2) is 11.5 Å². The van der Waals surface area contributed by atoms with Crippen LogP contribution in [0.3, 0.4) is 0 Å². The van der Waals surface area contributed by atoms with Crippen LogP contribution < -0.4 is 9.47 Å². The van der Waals surface area contributed by atoms with E-state index < -0.39 is 5.41 Å². The van der Waals surface area contributed by atoms with E-state index in [-0.39, 0.29) is 12.2 Å². The first kappa shape index (κ1) is 18.9. The summed E-state index contributed by atoms with van der Waals surface area (Å²) in [5, 5.41) is 0. The van der Waals surface area contributed by atoms with Crippen LogP contribution in [0.4, 0.5) is 0 Å². The molecule has 0 aromatic heterocycles. The summed E-state index contributed by atoms with van der Waals surface area (Å²) in [4.78, 5) is 0. The quantitative estimate of drug-likeness (QED) is 0.703. The van der Waals surface area contributed by atoms with Gasteiger partial charge in [-0.2, -0.15) is 0 Å². The van der Waals surface area contributed by atoms with Crippen molar-refractivity contribution in [2.75, 3.05) is 14.2 Å². The predicted octanol–water partition coefficient (Wildman–Crippen LogP) is 4.81. The van der Waals surface area contributed by atoms with Gasteiger partial charge in [0.1, 0.15) is 0 Å². The standard InChI is InChI=1S/C25H26O3/c1-26-22-13-12-20(18-23(22)28-21-10-6-7-11-21)25(17-15-24(25)27-2)16-14-19-8-4-3-5-9-19/h3-5,8-9,12-13,18,21,24H,6-7,10-11,17H2,1-2H3. The second kappa shape index (κ2) is 8.29. The Hall–Kier alpha value is -2.44. The van der Waals surface area contributed by atoms with Crippen molar-refractivity contribution in [2.24, 2.45) is 0 Å². The molecule has 2 saturated carbocycles. The van der Waals surface area contributed by atoms with Crippen molar-refractivity contribution < 1.29 is 14.2 Å². The lowest BCUT2D eigenvalue weighted by atomic mass is 9.62. The van der Waals surface area contributed by atoms with Crippen LogP contribution in [-0.4, -0.2) is 26.4 Å². The fraction of sp³-hybridized carbons (Fsp3) is 0.400. The summed E-state index contributed by atoms with van der Waals surface area (Å²) in [5.74, 6) is 8.39. The summed E-state index contributed by atoms with van der Waals surface area (Å²) in [6.07, 6.45) is 8.87. The maximum absolute atomic E-state index is 6.30. The maximum atomic E-state index is 6.30. The van der Waals surface area contributed by atoms with E-state index in [0.717, 1.165) is 41.9 Å². The number of hydrogen-bond acceptors (Lipinski definition) is 3. The van der Waals surface area contributed by atoms with E-state index in [0.29, 0.717) is 0 Å². The Kier molecular flexibility index (Phi) is 5.59. The van der Waals surface area contributed by atoms with E-state index >= 15 is 0 Å². The lowest BCUT2D eigenvalue weighted by Gasteiger charge is -2.44. The first-order chi connectivity index (χ1) is 13.7. The van der Waals surface area contributed by atoms with Gasteiger partial charge in [0.25, 0.3) is 0 Å². The third-order valence-corrected chi connectivity index (χ3v) is 5.73. The molecule has 4 rings (SSSR count). The zero-order valence-corrected chi connectivity index (χ0v) is 16.5. The Morgan fingerprint density at radius 1 is 1.00 bits per heavy atom. The van der Waals surface area contributed by atoms with Crippen molar-refractivity contribution in [3.63, 3.8) is 0 Å². The van der Waals surface area contributed by atoms with Crippen LogP contribution in [0.2, 0.25) is 0 Å². The van der Waals surface area contributed by atoms with Gasteiger partial charge in [0.2, 0.25) is 0 Å². The van der Waals surface area contributed by atoms with Crippen LogP contribution >= 0.6 is 0 Å². The molecule has 2 fully saturated rings. The van der Waals surface area contributed by atoms with Gasteiger partial charge in [-0.3, -0.25) is 0 Å². The van der Waals surface area contributed by atoms with Crippen LogP contribution in [0.5, 0.6) is 11.5 Å². The van der Waals surface area contributed by atoms with E-state index in [1.807, 2.05) is 36.4 Å². The molecule has 3 heteroatoms. The van der Waals surface area contributed by atoms with E-state index in [2.05, 4.69) is 30.4 Å². The minimum atomic E-state index is -0.412. The Bertz CT molecular complexity index is 856. The molecule has 2 radical (unpaired) electrons. The maximum Gasteiger partial charge on any atom is 0.161 e. The number of benzene rings is 2. The molecule has 0 spiro atoms. The monoisotopic (exact) mass is 374 g/mol. The minimum absolute atomic E-state index is 0.156. The molecule has 2 aliphatic rings. The van der Waals surface area contributed by atoms with Gasteiger partial charge in [0.05, 0.1) is 24.7 Å². The van der Waals surface area contributed by atoms with Crippen LogP contribution in [0.25, 0.3) is 0 Å². The smallest absolute Gasteiger partial charge is 0.161 e. The van der Waals surface area contributed by atoms with Gasteiger partial charge in [-0.25, -0.2) is 0 Å². The largest absolute Gasteiger partial charge is 0.493 e. The molecule has 28 heavy (non-hydrogen) atoms. The van der Waals surface area contributed by atoms with E-state index in [1.54, 1.807) is 14.2 Å². The van der Waals surface area contributed by atoms with Crippen LogP contribution in [0.15, 0.2) is 48.5 Å². The number of hydrogen-bond donors (Lipinski definition) is 0. The lowest BCUT2D eigenvalue weighted by Crippen LogP contribution is -2.49. The summed E-state index contributed by atoms with van der Waals surface area (Å²) >= 11 is 0. The molecule has 0 heterocycles. The van der Waals surface area contributed by atoms with Crippen LogP contribution in [0.1, 0.15) is 43.2 Å². The zero-order chi connectivity index (χ0) is 19.4. The fourth-order valence-electron chi connectivity index (χ4n) is 4.05. The molecule has 0 saturated heterocycles. The Labute approximate surface area is 168 Å². The van der Waals surface area contributed by atoms with Gasteiger partial charge < -0.3 is 14.2 Å². The highest BCUT2D eigenvalue weighted by molar-refractivity contribution is 5.53. The molecule has 0 N–H and O–H groups in total. The highest BCUT2D eigenvalue weighted by Crippen LogP contribution is 2.47. The zero-order valence-electron chi connectivity index (χ0n) is 16.5. The molecule has 3 nitrogen and oxygen atoms in total. The highest BCUT2D eigenvalue weighted by atomic mass is 16.5. The Balaban J connectivity index is 1.69. The Morgan fingerprint density at radius 2 is 1.79 bits per heavy atom. The molecule has 2 aliphatic carbocycles. The predicted molar refractivity (Wildman–Crippen MR) is 110 cm³/mol. The van der Waals surface area contributed by atoms with Crippen molar-refractivity contribution in [2.45, 2.75) is 49.7 Å². The van der Waals surface area contributed by atoms with Gasteiger partial charge in [-0.15, -0.1) is 0 Å². The SMILES string of the molecule is COc1ccc(C2(C#Cc3ccccc3)C[C]C2OC)cc1OC1CCCC1. The van der Waals surface area contributed by atoms with Gasteiger partial charge in [-0.05, 0) is 61.9 Å². The molecule has 144 valence electrons. The second-order valence-electron chi connectivity index (χ2n) is 7.47. The summed E-state index contributed by atoms with van der Waals surface area (Å²) in [6, 6.07) is 16.2. The number of rotatable bonds is 5. The topological polar surface area (TPSA) is 27.7 Å². The summed E-state index contributed by atoms with van der Waals surface area (Å²) < 4.78 is 17.5. The molecule has 0 bridgehead atoms. The first-order valence-corrected chi connectivity index (χ1v) is 9.95. The van der Waals surface area contributed by atoms with Gasteiger partial charge in [0, 0.05) is 19.1 Å². The van der Waals surface area contributed by atoms with Crippen molar-refractivity contribution in [1.29, 1.82) is 0 Å². The number of methoxy groups -OCH3 is 2. The molecular weight excluding hydrogens is 348 g/mol. The van der Waals surface area contributed by atoms with Crippen LogP contribution in [0, 0.1) is 18.3 Å². The van der Waals surface area contributed by atoms with Crippen molar-refractivity contribution in [3.05, 3.63) is 66.1 Å².